The summed E-state index contributed by atoms with van der Waals surface area (Å²) in [7, 11) is 0. The van der Waals surface area contributed by atoms with E-state index in [0.717, 1.165) is 24.2 Å². The summed E-state index contributed by atoms with van der Waals surface area (Å²) in [5, 5.41) is 2.81. The van der Waals surface area contributed by atoms with Gasteiger partial charge in [0.2, 0.25) is 0 Å². The van der Waals surface area contributed by atoms with E-state index in [2.05, 4.69) is 26.0 Å². The summed E-state index contributed by atoms with van der Waals surface area (Å²) in [6, 6.07) is 2.31. The molecule has 0 spiro atoms. The molecule has 0 aromatic heterocycles. The van der Waals surface area contributed by atoms with E-state index in [1.54, 1.807) is 0 Å². The number of nitrogens with zero attached hydrogens (tertiary/aromatic N) is 3. The number of halogens is 2. The third kappa shape index (κ3) is 4.56. The van der Waals surface area contributed by atoms with Crippen LogP contribution in [0.2, 0.25) is 0 Å². The SMILES string of the molecule is CCC(C)C(C)C(=O)Sc1cc(C(=O)N=[N+]=[N-])c(F)cc1Br. The molecule has 0 aliphatic rings. The molecule has 0 aliphatic carbocycles. The molecule has 1 aromatic rings. The molecule has 0 N–H and O–H groups in total. The molecule has 1 amide bonds. The van der Waals surface area contributed by atoms with Gasteiger partial charge in [0.15, 0.2) is 5.12 Å². The Labute approximate surface area is 140 Å². The minimum Gasteiger partial charge on any atom is -0.287 e. The second kappa shape index (κ2) is 8.31. The van der Waals surface area contributed by atoms with Gasteiger partial charge in [-0.3, -0.25) is 9.59 Å². The van der Waals surface area contributed by atoms with Crippen molar-refractivity contribution >= 4 is 38.7 Å². The van der Waals surface area contributed by atoms with Crippen LogP contribution in [-0.2, 0) is 4.79 Å². The van der Waals surface area contributed by atoms with Crippen molar-refractivity contribution in [2.45, 2.75) is 32.1 Å². The van der Waals surface area contributed by atoms with Gasteiger partial charge in [-0.15, -0.1) is 0 Å². The second-order valence-corrected chi connectivity index (χ2v) is 6.75. The highest BCUT2D eigenvalue weighted by Gasteiger charge is 2.22. The van der Waals surface area contributed by atoms with Gasteiger partial charge in [-0.2, -0.15) is 0 Å². The summed E-state index contributed by atoms with van der Waals surface area (Å²) in [4.78, 5) is 26.5. The Kier molecular flexibility index (Phi) is 7.06. The number of carbonyl (C=O) groups is 2. The average Bonchev–Trinajstić information content (AvgIpc) is 2.48. The number of azide groups is 1. The van der Waals surface area contributed by atoms with Gasteiger partial charge in [0.05, 0.1) is 5.56 Å². The van der Waals surface area contributed by atoms with Crippen LogP contribution in [0.3, 0.4) is 0 Å². The number of thioether (sulfide) groups is 1. The summed E-state index contributed by atoms with van der Waals surface area (Å²) in [5.41, 5.74) is 7.91. The van der Waals surface area contributed by atoms with Gasteiger partial charge < -0.3 is 0 Å². The number of hydrogen-bond acceptors (Lipinski definition) is 3. The highest BCUT2D eigenvalue weighted by atomic mass is 79.9. The van der Waals surface area contributed by atoms with Crippen LogP contribution in [-0.4, -0.2) is 11.0 Å². The van der Waals surface area contributed by atoms with Gasteiger partial charge in [-0.1, -0.05) is 39.0 Å². The molecule has 0 saturated heterocycles. The molecular weight excluding hydrogens is 373 g/mol. The minimum absolute atomic E-state index is 0.0659. The quantitative estimate of drug-likeness (QED) is 0.295. The number of carbonyl (C=O) groups excluding carboxylic acids is 2. The van der Waals surface area contributed by atoms with E-state index in [1.165, 1.54) is 6.07 Å². The van der Waals surface area contributed by atoms with Crippen LogP contribution in [0.15, 0.2) is 26.6 Å². The second-order valence-electron chi connectivity index (χ2n) is 4.85. The normalized spacial score (nSPS) is 13.1. The molecule has 2 unspecified atom stereocenters. The molecule has 5 nitrogen and oxygen atoms in total. The van der Waals surface area contributed by atoms with Crippen LogP contribution < -0.4 is 0 Å². The largest absolute Gasteiger partial charge is 0.287 e. The average molecular weight is 388 g/mol. The van der Waals surface area contributed by atoms with E-state index in [4.69, 9.17) is 5.53 Å². The predicted molar refractivity (Wildman–Crippen MR) is 87.1 cm³/mol. The van der Waals surface area contributed by atoms with Crippen molar-refractivity contribution in [2.75, 3.05) is 0 Å². The Balaban J connectivity index is 3.10. The van der Waals surface area contributed by atoms with E-state index < -0.39 is 11.7 Å². The Bertz CT molecular complexity index is 647. The molecule has 22 heavy (non-hydrogen) atoms. The summed E-state index contributed by atoms with van der Waals surface area (Å²) >= 11 is 4.11. The predicted octanol–water partition coefficient (Wildman–Crippen LogP) is 5.34. The lowest BCUT2D eigenvalue weighted by Crippen LogP contribution is -2.15. The fourth-order valence-corrected chi connectivity index (χ4v) is 3.18. The molecule has 0 radical (unpaired) electrons. The van der Waals surface area contributed by atoms with E-state index >= 15 is 0 Å². The lowest BCUT2D eigenvalue weighted by atomic mass is 9.95. The van der Waals surface area contributed by atoms with Crippen LogP contribution in [0.5, 0.6) is 0 Å². The first-order valence-electron chi connectivity index (χ1n) is 6.61. The maximum absolute atomic E-state index is 13.8. The van der Waals surface area contributed by atoms with Crippen molar-refractivity contribution in [1.29, 1.82) is 0 Å². The first kappa shape index (κ1) is 18.7. The van der Waals surface area contributed by atoms with Crippen molar-refractivity contribution in [3.8, 4) is 0 Å². The Morgan fingerprint density at radius 2 is 2.09 bits per heavy atom. The molecular formula is C14H15BrFN3O2S. The standard InChI is InChI=1S/C14H15BrFN3O2S/c1-4-7(2)8(3)14(21)22-12-5-9(13(20)18-19-17)11(16)6-10(12)15/h5-8H,4H2,1-3H3. The molecule has 0 heterocycles. The lowest BCUT2D eigenvalue weighted by molar-refractivity contribution is -0.115. The molecule has 2 atom stereocenters. The minimum atomic E-state index is -1.02. The van der Waals surface area contributed by atoms with Crippen LogP contribution in [0.4, 0.5) is 4.39 Å². The van der Waals surface area contributed by atoms with Gasteiger partial charge >= 0.3 is 0 Å². The van der Waals surface area contributed by atoms with E-state index in [0.29, 0.717) is 9.37 Å². The van der Waals surface area contributed by atoms with Crippen molar-refractivity contribution < 1.29 is 14.0 Å². The number of hydrogen-bond donors (Lipinski definition) is 0. The van der Waals surface area contributed by atoms with Gasteiger partial charge in [0.1, 0.15) is 5.82 Å². The van der Waals surface area contributed by atoms with E-state index in [9.17, 15) is 14.0 Å². The summed E-state index contributed by atoms with van der Waals surface area (Å²) in [6.07, 6.45) is 0.874. The topological polar surface area (TPSA) is 82.9 Å². The van der Waals surface area contributed by atoms with E-state index in [1.807, 2.05) is 20.8 Å². The summed E-state index contributed by atoms with van der Waals surface area (Å²) in [6.45, 7) is 5.83. The molecule has 118 valence electrons. The van der Waals surface area contributed by atoms with Crippen molar-refractivity contribution in [1.82, 2.24) is 0 Å². The molecule has 0 saturated carbocycles. The van der Waals surface area contributed by atoms with Crippen LogP contribution in [0.25, 0.3) is 10.4 Å². The van der Waals surface area contributed by atoms with Gasteiger partial charge in [-0.05, 0) is 44.6 Å². The van der Waals surface area contributed by atoms with Crippen LogP contribution >= 0.6 is 27.7 Å². The summed E-state index contributed by atoms with van der Waals surface area (Å²) in [5.74, 6) is -1.76. The molecule has 8 heteroatoms. The van der Waals surface area contributed by atoms with E-state index in [-0.39, 0.29) is 22.5 Å². The van der Waals surface area contributed by atoms with Crippen LogP contribution in [0.1, 0.15) is 37.6 Å². The Morgan fingerprint density at radius 3 is 2.64 bits per heavy atom. The fourth-order valence-electron chi connectivity index (χ4n) is 1.65. The maximum atomic E-state index is 13.8. The molecule has 0 fully saturated rings. The molecule has 1 aromatic carbocycles. The summed E-state index contributed by atoms with van der Waals surface area (Å²) < 4.78 is 14.1. The van der Waals surface area contributed by atoms with Gasteiger partial charge in [0.25, 0.3) is 5.91 Å². The number of benzene rings is 1. The first-order chi connectivity index (χ1) is 10.3. The van der Waals surface area contributed by atoms with Gasteiger partial charge in [0, 0.05) is 20.2 Å². The number of rotatable bonds is 5. The number of amides is 1. The molecule has 1 rings (SSSR count). The smallest absolute Gasteiger partial charge is 0.252 e. The zero-order chi connectivity index (χ0) is 16.9. The fraction of sp³-hybridized carbons (Fsp3) is 0.429. The van der Waals surface area contributed by atoms with Crippen LogP contribution in [0, 0.1) is 17.7 Å². The van der Waals surface area contributed by atoms with Crippen molar-refractivity contribution in [3.63, 3.8) is 0 Å². The monoisotopic (exact) mass is 387 g/mol. The first-order valence-corrected chi connectivity index (χ1v) is 8.22. The highest BCUT2D eigenvalue weighted by Crippen LogP contribution is 2.34. The zero-order valence-electron chi connectivity index (χ0n) is 12.3. The zero-order valence-corrected chi connectivity index (χ0v) is 14.7. The molecule has 0 aliphatic heterocycles. The third-order valence-corrected chi connectivity index (χ3v) is 5.52. The Morgan fingerprint density at radius 1 is 1.45 bits per heavy atom. The van der Waals surface area contributed by atoms with Crippen molar-refractivity contribution in [2.24, 2.45) is 17.0 Å². The molecule has 0 bridgehead atoms. The van der Waals surface area contributed by atoms with Gasteiger partial charge in [-0.25, -0.2) is 4.39 Å². The lowest BCUT2D eigenvalue weighted by Gasteiger charge is -2.16. The Hall–Kier alpha value is -1.37. The van der Waals surface area contributed by atoms with Crippen molar-refractivity contribution in [3.05, 3.63) is 38.4 Å². The third-order valence-electron chi connectivity index (χ3n) is 3.47. The maximum Gasteiger partial charge on any atom is 0.252 e. The highest BCUT2D eigenvalue weighted by molar-refractivity contribution is 9.10.